The van der Waals surface area contributed by atoms with Crippen molar-refractivity contribution in [1.29, 1.82) is 0 Å². The second kappa shape index (κ2) is 7.49. The molecule has 0 N–H and O–H groups in total. The smallest absolute Gasteiger partial charge is 0.237 e. The Morgan fingerprint density at radius 1 is 1.19 bits per heavy atom. The van der Waals surface area contributed by atoms with E-state index in [1.807, 2.05) is 24.3 Å². The summed E-state index contributed by atoms with van der Waals surface area (Å²) in [5.41, 5.74) is 0.788. The van der Waals surface area contributed by atoms with Crippen molar-refractivity contribution in [3.63, 3.8) is 0 Å². The molecular formula is C18H23N5O2S. The lowest BCUT2D eigenvalue weighted by Crippen LogP contribution is -2.13. The van der Waals surface area contributed by atoms with Crippen molar-refractivity contribution in [3.8, 4) is 17.1 Å². The van der Waals surface area contributed by atoms with Crippen molar-refractivity contribution in [3.05, 3.63) is 36.0 Å². The molecule has 0 spiro atoms. The molecule has 0 aliphatic rings. The lowest BCUT2D eigenvalue weighted by Gasteiger charge is -2.11. The van der Waals surface area contributed by atoms with Gasteiger partial charge in [-0.15, -0.1) is 10.2 Å². The zero-order chi connectivity index (χ0) is 18.7. The number of hydrogen-bond donors (Lipinski definition) is 0. The van der Waals surface area contributed by atoms with E-state index in [0.717, 1.165) is 28.8 Å². The van der Waals surface area contributed by atoms with Gasteiger partial charge in [0.2, 0.25) is 5.89 Å². The molecule has 138 valence electrons. The first-order valence-electron chi connectivity index (χ1n) is 8.46. The lowest BCUT2D eigenvalue weighted by atomic mass is 9.96. The molecule has 0 unspecified atom stereocenters. The van der Waals surface area contributed by atoms with Gasteiger partial charge < -0.3 is 13.8 Å². The van der Waals surface area contributed by atoms with Crippen LogP contribution in [0.25, 0.3) is 11.4 Å². The largest absolute Gasteiger partial charge is 0.496 e. The predicted octanol–water partition coefficient (Wildman–Crippen LogP) is 3.95. The van der Waals surface area contributed by atoms with Crippen LogP contribution in [0, 0.1) is 0 Å². The third kappa shape index (κ3) is 3.75. The second-order valence-corrected chi connectivity index (χ2v) is 7.74. The Hall–Kier alpha value is -2.35. The molecular weight excluding hydrogens is 350 g/mol. The summed E-state index contributed by atoms with van der Waals surface area (Å²) in [5.74, 6) is 3.41. The third-order valence-corrected chi connectivity index (χ3v) is 4.80. The first kappa shape index (κ1) is 18.4. The number of nitrogens with zero attached hydrogens (tertiary/aromatic N) is 5. The average Bonchev–Trinajstić information content (AvgIpc) is 3.26. The van der Waals surface area contributed by atoms with Crippen LogP contribution in [0.1, 0.15) is 39.4 Å². The van der Waals surface area contributed by atoms with Gasteiger partial charge in [0, 0.05) is 12.0 Å². The molecule has 1 aromatic carbocycles. The van der Waals surface area contributed by atoms with Crippen molar-refractivity contribution in [2.24, 2.45) is 0 Å². The summed E-state index contributed by atoms with van der Waals surface area (Å²) in [4.78, 5) is 4.47. The highest BCUT2D eigenvalue weighted by molar-refractivity contribution is 7.98. The van der Waals surface area contributed by atoms with E-state index in [9.17, 15) is 0 Å². The molecule has 3 rings (SSSR count). The van der Waals surface area contributed by atoms with Crippen LogP contribution in [0.15, 0.2) is 33.9 Å². The molecule has 0 fully saturated rings. The van der Waals surface area contributed by atoms with Crippen LogP contribution >= 0.6 is 11.8 Å². The number of thioether (sulfide) groups is 1. The lowest BCUT2D eigenvalue weighted by molar-refractivity contribution is 0.372. The Morgan fingerprint density at radius 2 is 1.96 bits per heavy atom. The average molecular weight is 373 g/mol. The molecule has 0 bridgehead atoms. The molecule has 0 aliphatic heterocycles. The predicted molar refractivity (Wildman–Crippen MR) is 100 cm³/mol. The van der Waals surface area contributed by atoms with Crippen LogP contribution in [0.3, 0.4) is 0 Å². The fraction of sp³-hybridized carbons (Fsp3) is 0.444. The molecule has 0 amide bonds. The highest BCUT2D eigenvalue weighted by atomic mass is 32.2. The zero-order valence-electron chi connectivity index (χ0n) is 15.7. The third-order valence-electron chi connectivity index (χ3n) is 3.84. The van der Waals surface area contributed by atoms with Gasteiger partial charge in [-0.25, -0.2) is 0 Å². The maximum Gasteiger partial charge on any atom is 0.237 e. The van der Waals surface area contributed by atoms with Gasteiger partial charge in [-0.2, -0.15) is 4.98 Å². The molecule has 0 aliphatic carbocycles. The zero-order valence-corrected chi connectivity index (χ0v) is 16.5. The Bertz CT molecular complexity index is 882. The normalized spacial score (nSPS) is 11.7. The van der Waals surface area contributed by atoms with Crippen molar-refractivity contribution in [2.45, 2.75) is 50.6 Å². The van der Waals surface area contributed by atoms with E-state index in [1.54, 1.807) is 7.11 Å². The summed E-state index contributed by atoms with van der Waals surface area (Å²) in [7, 11) is 1.66. The number of hydrogen-bond acceptors (Lipinski definition) is 7. The SMILES string of the molecule is CCn1c(SCc2nc(C(C)(C)C)no2)nnc1-c1ccccc1OC. The van der Waals surface area contributed by atoms with Gasteiger partial charge >= 0.3 is 0 Å². The molecule has 0 saturated carbocycles. The van der Waals surface area contributed by atoms with Crippen LogP contribution in [-0.4, -0.2) is 32.0 Å². The Morgan fingerprint density at radius 3 is 2.62 bits per heavy atom. The molecule has 0 saturated heterocycles. The summed E-state index contributed by atoms with van der Waals surface area (Å²) >= 11 is 1.53. The Balaban J connectivity index is 1.82. The minimum absolute atomic E-state index is 0.132. The molecule has 2 heterocycles. The minimum atomic E-state index is -0.132. The van der Waals surface area contributed by atoms with Crippen molar-refractivity contribution < 1.29 is 9.26 Å². The Labute approximate surface area is 157 Å². The number of rotatable bonds is 6. The van der Waals surface area contributed by atoms with Gasteiger partial charge in [0.1, 0.15) is 5.75 Å². The first-order chi connectivity index (χ1) is 12.4. The van der Waals surface area contributed by atoms with Crippen LogP contribution in [-0.2, 0) is 17.7 Å². The van der Waals surface area contributed by atoms with Crippen molar-refractivity contribution in [1.82, 2.24) is 24.9 Å². The maximum absolute atomic E-state index is 5.45. The number of para-hydroxylation sites is 1. The van der Waals surface area contributed by atoms with Gasteiger partial charge in [-0.3, -0.25) is 0 Å². The highest BCUT2D eigenvalue weighted by Gasteiger charge is 2.22. The molecule has 3 aromatic rings. The quantitative estimate of drug-likeness (QED) is 0.605. The first-order valence-corrected chi connectivity index (χ1v) is 9.45. The van der Waals surface area contributed by atoms with Gasteiger partial charge in [-0.1, -0.05) is 49.8 Å². The Kier molecular flexibility index (Phi) is 5.31. The molecule has 0 atom stereocenters. The number of benzene rings is 1. The minimum Gasteiger partial charge on any atom is -0.496 e. The van der Waals surface area contributed by atoms with Crippen LogP contribution in [0.2, 0.25) is 0 Å². The molecule has 8 heteroatoms. The second-order valence-electron chi connectivity index (χ2n) is 6.80. The summed E-state index contributed by atoms with van der Waals surface area (Å²) in [6.07, 6.45) is 0. The van der Waals surface area contributed by atoms with Gasteiger partial charge in [0.05, 0.1) is 18.4 Å². The van der Waals surface area contributed by atoms with E-state index >= 15 is 0 Å². The molecule has 2 aromatic heterocycles. The molecule has 0 radical (unpaired) electrons. The van der Waals surface area contributed by atoms with E-state index in [2.05, 4.69) is 52.6 Å². The van der Waals surface area contributed by atoms with Crippen molar-refractivity contribution in [2.75, 3.05) is 7.11 Å². The summed E-state index contributed by atoms with van der Waals surface area (Å²) in [5, 5.41) is 13.6. The topological polar surface area (TPSA) is 78.9 Å². The van der Waals surface area contributed by atoms with Crippen LogP contribution < -0.4 is 4.74 Å². The number of aromatic nitrogens is 5. The highest BCUT2D eigenvalue weighted by Crippen LogP contribution is 2.31. The number of ether oxygens (including phenoxy) is 1. The standard InChI is InChI=1S/C18H23N5O2S/c1-6-23-15(12-9-7-8-10-13(12)24-5)20-21-17(23)26-11-14-19-16(22-25-14)18(2,3)4/h7-10H,6,11H2,1-5H3. The van der Waals surface area contributed by atoms with E-state index in [-0.39, 0.29) is 5.41 Å². The van der Waals surface area contributed by atoms with E-state index in [0.29, 0.717) is 17.5 Å². The van der Waals surface area contributed by atoms with Gasteiger partial charge in [0.15, 0.2) is 16.8 Å². The van der Waals surface area contributed by atoms with Crippen LogP contribution in [0.5, 0.6) is 5.75 Å². The van der Waals surface area contributed by atoms with Crippen LogP contribution in [0.4, 0.5) is 0 Å². The fourth-order valence-corrected chi connectivity index (χ4v) is 3.29. The monoisotopic (exact) mass is 373 g/mol. The van der Waals surface area contributed by atoms with E-state index in [1.165, 1.54) is 11.8 Å². The number of methoxy groups -OCH3 is 1. The molecule has 26 heavy (non-hydrogen) atoms. The van der Waals surface area contributed by atoms with E-state index in [4.69, 9.17) is 9.26 Å². The fourth-order valence-electron chi connectivity index (χ4n) is 2.45. The summed E-state index contributed by atoms with van der Waals surface area (Å²) < 4.78 is 12.9. The summed E-state index contributed by atoms with van der Waals surface area (Å²) in [6.45, 7) is 8.99. The van der Waals surface area contributed by atoms with Crippen molar-refractivity contribution >= 4 is 11.8 Å². The molecule has 7 nitrogen and oxygen atoms in total. The maximum atomic E-state index is 5.45. The van der Waals surface area contributed by atoms with E-state index < -0.39 is 0 Å². The van der Waals surface area contributed by atoms with Gasteiger partial charge in [-0.05, 0) is 19.1 Å². The summed E-state index contributed by atoms with van der Waals surface area (Å²) in [6, 6.07) is 7.80. The van der Waals surface area contributed by atoms with Gasteiger partial charge in [0.25, 0.3) is 0 Å².